The second kappa shape index (κ2) is 19.7. The summed E-state index contributed by atoms with van der Waals surface area (Å²) in [6.07, 6.45) is 18.9. The number of likely N-dealkylation sites (N-methyl/N-ethyl adjacent to an activating group) is 3. The summed E-state index contributed by atoms with van der Waals surface area (Å²) in [4.78, 5) is 40.5. The lowest BCUT2D eigenvalue weighted by molar-refractivity contribution is 0.147. The van der Waals surface area contributed by atoms with Crippen LogP contribution in [0.2, 0.25) is 5.15 Å². The molecular weight excluding hydrogens is 952 g/mol. The van der Waals surface area contributed by atoms with Gasteiger partial charge in [0.1, 0.15) is 5.15 Å². The molecule has 9 aromatic rings. The van der Waals surface area contributed by atoms with Crippen molar-refractivity contribution in [2.45, 2.75) is 99.5 Å². The summed E-state index contributed by atoms with van der Waals surface area (Å²) in [5.41, 5.74) is 16.8. The van der Waals surface area contributed by atoms with Crippen LogP contribution in [0.25, 0.3) is 32.7 Å². The molecule has 6 aliphatic rings. The van der Waals surface area contributed by atoms with Gasteiger partial charge >= 0.3 is 0 Å². The average molecular weight is 1020 g/mol. The fourth-order valence-electron chi connectivity index (χ4n) is 14.4. The number of piperidine rings is 3. The molecular formula is C61H67ClN12O. The number of aromatic amines is 4. The highest BCUT2D eigenvalue weighted by molar-refractivity contribution is 6.29. The molecule has 3 aliphatic carbocycles. The van der Waals surface area contributed by atoms with Crippen LogP contribution in [0.4, 0.5) is 17.1 Å². The Labute approximate surface area is 442 Å². The molecule has 3 saturated heterocycles. The minimum atomic E-state index is -0.0645. The third-order valence-electron chi connectivity index (χ3n) is 17.7. The fourth-order valence-corrected chi connectivity index (χ4v) is 14.5. The Bertz CT molecular complexity index is 3390. The van der Waals surface area contributed by atoms with Crippen LogP contribution in [-0.4, -0.2) is 122 Å². The van der Waals surface area contributed by atoms with Gasteiger partial charge in [0, 0.05) is 143 Å². The number of nitrogens with zero attached hydrogens (tertiary/aromatic N) is 5. The van der Waals surface area contributed by atoms with Crippen LogP contribution in [0.3, 0.4) is 0 Å². The number of halogens is 1. The van der Waals surface area contributed by atoms with E-state index in [0.717, 1.165) is 74.5 Å². The molecule has 9 heterocycles. The second-order valence-electron chi connectivity index (χ2n) is 22.4. The van der Waals surface area contributed by atoms with Crippen LogP contribution in [0, 0.1) is 6.92 Å². The third-order valence-corrected chi connectivity index (χ3v) is 17.9. The lowest BCUT2D eigenvalue weighted by Crippen LogP contribution is -2.51. The standard InChI is InChI=1S/C21H24N4.C20H21ClN4.C20H22N4O/c1-13-6-7-15(11-22-13)24-16-9-18-17-4-3-5-19-21(17)14(10-23-19)8-20(18)25(2)12-16;1-25-11-14(24-13-5-6-19(21)23-10-13)8-16-15-3-2-4-17-20(15)12(9-22-17)7-18(16)25;1-24-11-14(23-13-5-6-19(25)22-10-13)8-16-15-3-2-4-17-20(15)12(9-21-17)7-18(16)24/h3-7,10-11,16,18,20,23-24H,8-9,12H2,1-2H3;2-6,9-10,14,16,18,22,24H,7-8,11H2,1H3;2-6,9-10,14,16,18,21,23H,7-8,11H2,1H3,(H,22,25)/t16?,18-,20-;2*14?,16-,18-/m111/s1. The summed E-state index contributed by atoms with van der Waals surface area (Å²) in [6, 6.07) is 34.5. The van der Waals surface area contributed by atoms with Crippen molar-refractivity contribution in [3.8, 4) is 0 Å². The summed E-state index contributed by atoms with van der Waals surface area (Å²) in [5, 5.41) is 15.8. The van der Waals surface area contributed by atoms with Crippen LogP contribution < -0.4 is 21.5 Å². The maximum atomic E-state index is 11.3. The molecule has 3 unspecified atom stereocenters. The van der Waals surface area contributed by atoms with Crippen molar-refractivity contribution in [1.82, 2.24) is 44.6 Å². The van der Waals surface area contributed by atoms with Crippen molar-refractivity contribution in [3.63, 3.8) is 0 Å². The normalized spacial score (nSPS) is 25.7. The molecule has 9 atom stereocenters. The molecule has 6 aromatic heterocycles. The molecule has 13 nitrogen and oxygen atoms in total. The van der Waals surface area contributed by atoms with Gasteiger partial charge in [-0.05, 0) is 149 Å². The van der Waals surface area contributed by atoms with E-state index in [1.807, 2.05) is 37.5 Å². The molecule has 14 heteroatoms. The van der Waals surface area contributed by atoms with Gasteiger partial charge in [0.2, 0.25) is 5.56 Å². The first-order valence-corrected chi connectivity index (χ1v) is 27.3. The van der Waals surface area contributed by atoms with Gasteiger partial charge in [-0.15, -0.1) is 0 Å². The molecule has 3 aliphatic heterocycles. The SMILES string of the molecule is CN1CC(Nc2ccc(=O)[nH]c2)C[C@@H]2c3cccc4[nH]cc(c34)C[C@H]21.CN1CC(Nc2ccc(Cl)nc2)C[C@@H]2c3cccc4[nH]cc(c34)C[C@H]21.Cc1ccc(NC2C[C@@H]3c4cccc5[nH]cc(c45)C[C@H]3N(C)C2)cn1. The maximum absolute atomic E-state index is 11.3. The fraction of sp³-hybridized carbons (Fsp3) is 0.361. The number of hydrogen-bond donors (Lipinski definition) is 7. The summed E-state index contributed by atoms with van der Waals surface area (Å²) in [7, 11) is 6.76. The second-order valence-corrected chi connectivity index (χ2v) is 22.8. The molecule has 75 heavy (non-hydrogen) atoms. The lowest BCUT2D eigenvalue weighted by Gasteiger charge is -2.45. The van der Waals surface area contributed by atoms with E-state index in [2.05, 4.69) is 167 Å². The Morgan fingerprint density at radius 2 is 0.907 bits per heavy atom. The Morgan fingerprint density at radius 1 is 0.493 bits per heavy atom. The Balaban J connectivity index is 0.000000108. The molecule has 384 valence electrons. The number of hydrogen-bond acceptors (Lipinski definition) is 9. The van der Waals surface area contributed by atoms with Crippen LogP contribution in [0.5, 0.6) is 0 Å². The predicted molar refractivity (Wildman–Crippen MR) is 305 cm³/mol. The Hall–Kier alpha value is -6.90. The first-order valence-electron chi connectivity index (χ1n) is 27.0. The number of rotatable bonds is 6. The van der Waals surface area contributed by atoms with E-state index in [9.17, 15) is 4.79 Å². The Morgan fingerprint density at radius 3 is 1.29 bits per heavy atom. The molecule has 7 N–H and O–H groups in total. The number of aromatic nitrogens is 6. The van der Waals surface area contributed by atoms with Crippen molar-refractivity contribution < 1.29 is 0 Å². The summed E-state index contributed by atoms with van der Waals surface area (Å²) in [5.74, 6) is 1.68. The number of benzene rings is 3. The molecule has 0 radical (unpaired) electrons. The van der Waals surface area contributed by atoms with Crippen molar-refractivity contribution in [2.24, 2.45) is 0 Å². The van der Waals surface area contributed by atoms with Gasteiger partial charge < -0.3 is 50.6 Å². The number of fused-ring (bicyclic) bond motifs is 6. The Kier molecular flexibility index (Phi) is 12.5. The van der Waals surface area contributed by atoms with E-state index >= 15 is 0 Å². The van der Waals surface area contributed by atoms with Gasteiger partial charge in [-0.25, -0.2) is 4.98 Å². The molecule has 15 rings (SSSR count). The zero-order valence-electron chi connectivity index (χ0n) is 43.2. The first-order chi connectivity index (χ1) is 36.6. The van der Waals surface area contributed by atoms with E-state index in [-0.39, 0.29) is 5.56 Å². The van der Waals surface area contributed by atoms with Crippen molar-refractivity contribution in [2.75, 3.05) is 56.7 Å². The zero-order valence-corrected chi connectivity index (χ0v) is 44.0. The summed E-state index contributed by atoms with van der Waals surface area (Å²) < 4.78 is 0. The van der Waals surface area contributed by atoms with Gasteiger partial charge in [0.25, 0.3) is 0 Å². The van der Waals surface area contributed by atoms with Crippen LogP contribution in [0.1, 0.15) is 76.1 Å². The smallest absolute Gasteiger partial charge is 0.248 e. The minimum absolute atomic E-state index is 0.0645. The number of H-pyrrole nitrogens is 4. The molecule has 0 amide bonds. The van der Waals surface area contributed by atoms with Crippen molar-refractivity contribution in [1.29, 1.82) is 0 Å². The number of anilines is 3. The molecule has 3 fully saturated rings. The number of likely N-dealkylation sites (tertiary alicyclic amines) is 3. The van der Waals surface area contributed by atoms with Gasteiger partial charge in [-0.2, -0.15) is 0 Å². The van der Waals surface area contributed by atoms with Crippen LogP contribution in [0.15, 0.2) is 133 Å². The lowest BCUT2D eigenvalue weighted by atomic mass is 9.74. The molecule has 3 aromatic carbocycles. The quantitative estimate of drug-likeness (QED) is 0.0808. The highest BCUT2D eigenvalue weighted by Gasteiger charge is 2.42. The predicted octanol–water partition coefficient (Wildman–Crippen LogP) is 10.4. The topological polar surface area (TPSA) is 152 Å². The van der Waals surface area contributed by atoms with Crippen LogP contribution >= 0.6 is 11.6 Å². The van der Waals surface area contributed by atoms with E-state index in [1.165, 1.54) is 72.5 Å². The zero-order chi connectivity index (χ0) is 50.9. The van der Waals surface area contributed by atoms with E-state index in [0.29, 0.717) is 59.2 Å². The number of aryl methyl sites for hydroxylation is 1. The number of nitrogens with one attached hydrogen (secondary N) is 7. The average Bonchev–Trinajstić information content (AvgIpc) is 4.23. The van der Waals surface area contributed by atoms with E-state index < -0.39 is 0 Å². The monoisotopic (exact) mass is 1020 g/mol. The highest BCUT2D eigenvalue weighted by Crippen LogP contribution is 2.46. The van der Waals surface area contributed by atoms with Crippen LogP contribution in [-0.2, 0) is 19.3 Å². The molecule has 0 bridgehead atoms. The van der Waals surface area contributed by atoms with Crippen molar-refractivity contribution >= 4 is 61.4 Å². The maximum Gasteiger partial charge on any atom is 0.248 e. The molecule has 0 saturated carbocycles. The largest absolute Gasteiger partial charge is 0.380 e. The van der Waals surface area contributed by atoms with Gasteiger partial charge in [-0.3, -0.25) is 9.78 Å². The molecule has 0 spiro atoms. The van der Waals surface area contributed by atoms with Gasteiger partial charge in [-0.1, -0.05) is 48.0 Å². The number of pyridine rings is 3. The van der Waals surface area contributed by atoms with E-state index in [1.54, 1.807) is 12.3 Å². The third kappa shape index (κ3) is 9.17. The van der Waals surface area contributed by atoms with Crippen molar-refractivity contribution in [3.05, 3.63) is 183 Å². The van der Waals surface area contributed by atoms with Gasteiger partial charge in [0.15, 0.2) is 0 Å². The van der Waals surface area contributed by atoms with Gasteiger partial charge in [0.05, 0.1) is 29.5 Å². The summed E-state index contributed by atoms with van der Waals surface area (Å²) >= 11 is 5.90. The van der Waals surface area contributed by atoms with E-state index in [4.69, 9.17) is 11.6 Å². The first kappa shape index (κ1) is 47.8. The highest BCUT2D eigenvalue weighted by atomic mass is 35.5. The minimum Gasteiger partial charge on any atom is -0.380 e. The summed E-state index contributed by atoms with van der Waals surface area (Å²) in [6.45, 7) is 5.15.